The van der Waals surface area contributed by atoms with Gasteiger partial charge in [0, 0.05) is 37.5 Å². The van der Waals surface area contributed by atoms with E-state index in [9.17, 15) is 14.4 Å². The molecule has 0 bridgehead atoms. The van der Waals surface area contributed by atoms with E-state index in [2.05, 4.69) is 5.32 Å². The highest BCUT2D eigenvalue weighted by atomic mass is 16.6. The summed E-state index contributed by atoms with van der Waals surface area (Å²) in [7, 11) is 0. The summed E-state index contributed by atoms with van der Waals surface area (Å²) in [6.45, 7) is 3.34. The SMILES string of the molecule is CCOC(=O)N1CCC(NC(=O)CCCC(=O)c2ccccc2)CC1. The topological polar surface area (TPSA) is 75.7 Å². The summed E-state index contributed by atoms with van der Waals surface area (Å²) < 4.78 is 4.98. The van der Waals surface area contributed by atoms with Crippen molar-refractivity contribution in [2.24, 2.45) is 0 Å². The molecule has 1 aliphatic rings. The van der Waals surface area contributed by atoms with Crippen molar-refractivity contribution in [2.75, 3.05) is 19.7 Å². The fourth-order valence-electron chi connectivity index (χ4n) is 2.90. The zero-order chi connectivity index (χ0) is 18.1. The van der Waals surface area contributed by atoms with E-state index in [0.29, 0.717) is 44.5 Å². The number of Topliss-reactive ketones (excluding diaryl/α,β-unsaturated/α-hetero) is 1. The second-order valence-corrected chi connectivity index (χ2v) is 6.17. The van der Waals surface area contributed by atoms with Gasteiger partial charge in [0.25, 0.3) is 0 Å². The molecule has 0 saturated carbocycles. The number of carbonyl (C=O) groups excluding carboxylic acids is 3. The molecule has 0 aromatic heterocycles. The maximum Gasteiger partial charge on any atom is 0.409 e. The van der Waals surface area contributed by atoms with Crippen LogP contribution in [0.3, 0.4) is 0 Å². The third-order valence-electron chi connectivity index (χ3n) is 4.29. The smallest absolute Gasteiger partial charge is 0.409 e. The van der Waals surface area contributed by atoms with Gasteiger partial charge >= 0.3 is 6.09 Å². The van der Waals surface area contributed by atoms with E-state index >= 15 is 0 Å². The second kappa shape index (κ2) is 9.81. The van der Waals surface area contributed by atoms with Crippen LogP contribution < -0.4 is 5.32 Å². The predicted octanol–water partition coefficient (Wildman–Crippen LogP) is 2.78. The average Bonchev–Trinajstić information content (AvgIpc) is 2.63. The van der Waals surface area contributed by atoms with Gasteiger partial charge in [-0.15, -0.1) is 0 Å². The summed E-state index contributed by atoms with van der Waals surface area (Å²) in [5.41, 5.74) is 0.689. The van der Waals surface area contributed by atoms with Gasteiger partial charge < -0.3 is 15.0 Å². The molecule has 25 heavy (non-hydrogen) atoms. The Morgan fingerprint density at radius 3 is 2.44 bits per heavy atom. The molecule has 136 valence electrons. The first-order chi connectivity index (χ1) is 12.1. The number of hydrogen-bond acceptors (Lipinski definition) is 4. The van der Waals surface area contributed by atoms with Crippen LogP contribution in [0.4, 0.5) is 4.79 Å². The van der Waals surface area contributed by atoms with Crippen molar-refractivity contribution in [3.05, 3.63) is 35.9 Å². The van der Waals surface area contributed by atoms with Gasteiger partial charge in [0.05, 0.1) is 6.61 Å². The molecule has 0 unspecified atom stereocenters. The molecule has 0 spiro atoms. The lowest BCUT2D eigenvalue weighted by Crippen LogP contribution is -2.46. The highest BCUT2D eigenvalue weighted by Crippen LogP contribution is 2.12. The van der Waals surface area contributed by atoms with E-state index in [1.165, 1.54) is 0 Å². The van der Waals surface area contributed by atoms with Crippen LogP contribution in [0, 0.1) is 0 Å². The molecule has 0 atom stereocenters. The zero-order valence-corrected chi connectivity index (χ0v) is 14.7. The van der Waals surface area contributed by atoms with Crippen molar-refractivity contribution in [3.8, 4) is 0 Å². The van der Waals surface area contributed by atoms with Crippen molar-refractivity contribution < 1.29 is 19.1 Å². The maximum absolute atomic E-state index is 12.0. The number of ketones is 1. The minimum atomic E-state index is -0.285. The Hall–Kier alpha value is -2.37. The number of ether oxygens (including phenoxy) is 1. The molecule has 1 N–H and O–H groups in total. The molecule has 2 rings (SSSR count). The number of amides is 2. The standard InChI is InChI=1S/C19H26N2O4/c1-2-25-19(24)21-13-11-16(12-14-21)20-18(23)10-6-9-17(22)15-7-4-3-5-8-15/h3-5,7-8,16H,2,6,9-14H2,1H3,(H,20,23). The lowest BCUT2D eigenvalue weighted by molar-refractivity contribution is -0.122. The van der Waals surface area contributed by atoms with Gasteiger partial charge in [0.15, 0.2) is 5.78 Å². The summed E-state index contributed by atoms with van der Waals surface area (Å²) in [5, 5.41) is 2.99. The van der Waals surface area contributed by atoms with Gasteiger partial charge in [-0.2, -0.15) is 0 Å². The first-order valence-electron chi connectivity index (χ1n) is 8.89. The van der Waals surface area contributed by atoms with Gasteiger partial charge in [-0.3, -0.25) is 9.59 Å². The fourth-order valence-corrected chi connectivity index (χ4v) is 2.90. The van der Waals surface area contributed by atoms with Crippen LogP contribution in [0.15, 0.2) is 30.3 Å². The summed E-state index contributed by atoms with van der Waals surface area (Å²) >= 11 is 0. The number of benzene rings is 1. The summed E-state index contributed by atoms with van der Waals surface area (Å²) in [6.07, 6.45) is 2.43. The molecular weight excluding hydrogens is 320 g/mol. The number of nitrogens with one attached hydrogen (secondary N) is 1. The molecule has 6 heteroatoms. The fraction of sp³-hybridized carbons (Fsp3) is 0.526. The van der Waals surface area contributed by atoms with E-state index in [0.717, 1.165) is 12.8 Å². The lowest BCUT2D eigenvalue weighted by atomic mass is 10.0. The molecule has 0 radical (unpaired) electrons. The predicted molar refractivity (Wildman–Crippen MR) is 94.4 cm³/mol. The molecule has 1 heterocycles. The number of nitrogens with zero attached hydrogens (tertiary/aromatic N) is 1. The van der Waals surface area contributed by atoms with Crippen molar-refractivity contribution in [1.29, 1.82) is 0 Å². The normalized spacial score (nSPS) is 14.8. The highest BCUT2D eigenvalue weighted by Gasteiger charge is 2.24. The number of hydrogen-bond donors (Lipinski definition) is 1. The highest BCUT2D eigenvalue weighted by molar-refractivity contribution is 5.96. The maximum atomic E-state index is 12.0. The van der Waals surface area contributed by atoms with Gasteiger partial charge in [-0.05, 0) is 26.2 Å². The molecule has 1 aliphatic heterocycles. The Morgan fingerprint density at radius 1 is 1.12 bits per heavy atom. The molecular formula is C19H26N2O4. The second-order valence-electron chi connectivity index (χ2n) is 6.17. The summed E-state index contributed by atoms with van der Waals surface area (Å²) in [4.78, 5) is 37.3. The minimum Gasteiger partial charge on any atom is -0.450 e. The van der Waals surface area contributed by atoms with Crippen LogP contribution in [0.1, 0.15) is 49.4 Å². The van der Waals surface area contributed by atoms with E-state index < -0.39 is 0 Å². The monoisotopic (exact) mass is 346 g/mol. The molecule has 1 fully saturated rings. The van der Waals surface area contributed by atoms with E-state index in [1.54, 1.807) is 24.0 Å². The molecule has 2 amide bonds. The van der Waals surface area contributed by atoms with Crippen LogP contribution in [0.25, 0.3) is 0 Å². The first-order valence-corrected chi connectivity index (χ1v) is 8.89. The minimum absolute atomic E-state index is 0.0320. The molecule has 1 aromatic carbocycles. The van der Waals surface area contributed by atoms with Crippen molar-refractivity contribution >= 4 is 17.8 Å². The zero-order valence-electron chi connectivity index (χ0n) is 14.7. The van der Waals surface area contributed by atoms with E-state index in [4.69, 9.17) is 4.74 Å². The van der Waals surface area contributed by atoms with Crippen LogP contribution >= 0.6 is 0 Å². The first kappa shape index (κ1) is 19.0. The molecule has 1 saturated heterocycles. The van der Waals surface area contributed by atoms with Gasteiger partial charge in [0.1, 0.15) is 0 Å². The Kier molecular flexibility index (Phi) is 7.44. The summed E-state index contributed by atoms with van der Waals surface area (Å²) in [5.74, 6) is 0.0339. The summed E-state index contributed by atoms with van der Waals surface area (Å²) in [6, 6.07) is 9.21. The number of piperidine rings is 1. The van der Waals surface area contributed by atoms with Crippen LogP contribution in [0.5, 0.6) is 0 Å². The van der Waals surface area contributed by atoms with Crippen molar-refractivity contribution in [2.45, 2.75) is 45.1 Å². The van der Waals surface area contributed by atoms with Crippen LogP contribution in [-0.2, 0) is 9.53 Å². The lowest BCUT2D eigenvalue weighted by Gasteiger charge is -2.31. The Morgan fingerprint density at radius 2 is 1.80 bits per heavy atom. The van der Waals surface area contributed by atoms with Gasteiger partial charge in [0.2, 0.25) is 5.91 Å². The Labute approximate surface area is 148 Å². The Balaban J connectivity index is 1.63. The quantitative estimate of drug-likeness (QED) is 0.770. The third kappa shape index (κ3) is 6.21. The van der Waals surface area contributed by atoms with Crippen molar-refractivity contribution in [1.82, 2.24) is 10.2 Å². The number of carbonyl (C=O) groups is 3. The number of likely N-dealkylation sites (tertiary alicyclic amines) is 1. The largest absolute Gasteiger partial charge is 0.450 e. The molecule has 1 aromatic rings. The third-order valence-corrected chi connectivity index (χ3v) is 4.29. The molecule has 6 nitrogen and oxygen atoms in total. The van der Waals surface area contributed by atoms with Crippen LogP contribution in [-0.4, -0.2) is 48.4 Å². The molecule has 0 aliphatic carbocycles. The van der Waals surface area contributed by atoms with E-state index in [-0.39, 0.29) is 23.8 Å². The Bertz CT molecular complexity index is 580. The van der Waals surface area contributed by atoms with Gasteiger partial charge in [-0.25, -0.2) is 4.79 Å². The number of rotatable bonds is 7. The average molecular weight is 346 g/mol. The van der Waals surface area contributed by atoms with Crippen LogP contribution in [0.2, 0.25) is 0 Å². The van der Waals surface area contributed by atoms with E-state index in [1.807, 2.05) is 18.2 Å². The van der Waals surface area contributed by atoms with Crippen molar-refractivity contribution in [3.63, 3.8) is 0 Å². The van der Waals surface area contributed by atoms with Gasteiger partial charge in [-0.1, -0.05) is 30.3 Å².